The number of fused-ring (bicyclic) bond motifs is 4. The van der Waals surface area contributed by atoms with Crippen LogP contribution in [0, 0.1) is 5.92 Å². The van der Waals surface area contributed by atoms with Crippen molar-refractivity contribution in [2.45, 2.75) is 44.8 Å². The van der Waals surface area contributed by atoms with Crippen molar-refractivity contribution in [3.8, 4) is 17.3 Å². The number of piperidine rings is 1. The van der Waals surface area contributed by atoms with E-state index in [1.807, 2.05) is 36.3 Å². The van der Waals surface area contributed by atoms with E-state index in [0.29, 0.717) is 17.2 Å². The largest absolute Gasteiger partial charge is 0.494 e. The van der Waals surface area contributed by atoms with Crippen LogP contribution in [-0.4, -0.2) is 55.6 Å². The van der Waals surface area contributed by atoms with E-state index in [4.69, 9.17) is 15.5 Å². The lowest BCUT2D eigenvalue weighted by atomic mass is 10.1. The fourth-order valence-corrected chi connectivity index (χ4v) is 5.99. The van der Waals surface area contributed by atoms with Crippen LogP contribution < -0.4 is 10.5 Å². The molecule has 3 aromatic heterocycles. The van der Waals surface area contributed by atoms with Gasteiger partial charge in [-0.3, -0.25) is 4.79 Å². The SMILES string of the molecule is CCCn1c(-c2nc3cc(C(=O)N4C[C@H]5CC[C@@H]4[C@@H]5N)cc(OC)c3n2C)cc2cccnc21. The Morgan fingerprint density at radius 3 is 2.82 bits per heavy atom. The maximum atomic E-state index is 13.5. The third kappa shape index (κ3) is 2.98. The molecule has 1 saturated heterocycles. The molecule has 1 saturated carbocycles. The first-order valence-corrected chi connectivity index (χ1v) is 12.1. The highest BCUT2D eigenvalue weighted by Crippen LogP contribution is 2.39. The zero-order valence-electron chi connectivity index (χ0n) is 19.9. The summed E-state index contributed by atoms with van der Waals surface area (Å²) in [5, 5.41) is 1.08. The van der Waals surface area contributed by atoms with Crippen LogP contribution >= 0.6 is 0 Å². The van der Waals surface area contributed by atoms with Crippen molar-refractivity contribution in [1.82, 2.24) is 24.0 Å². The summed E-state index contributed by atoms with van der Waals surface area (Å²) < 4.78 is 10.0. The Balaban J connectivity index is 1.48. The summed E-state index contributed by atoms with van der Waals surface area (Å²) in [6.45, 7) is 3.74. The van der Waals surface area contributed by atoms with E-state index in [-0.39, 0.29) is 18.0 Å². The number of likely N-dealkylation sites (tertiary alicyclic amines) is 1. The van der Waals surface area contributed by atoms with Gasteiger partial charge in [0, 0.05) is 49.4 Å². The molecule has 8 heteroatoms. The summed E-state index contributed by atoms with van der Waals surface area (Å²) in [5.41, 5.74) is 10.5. The lowest BCUT2D eigenvalue weighted by Crippen LogP contribution is -2.41. The fraction of sp³-hybridized carbons (Fsp3) is 0.423. The molecule has 6 rings (SSSR count). The lowest BCUT2D eigenvalue weighted by molar-refractivity contribution is 0.0700. The minimum Gasteiger partial charge on any atom is -0.494 e. The maximum Gasteiger partial charge on any atom is 0.254 e. The number of aromatic nitrogens is 4. The number of amides is 1. The van der Waals surface area contributed by atoms with Gasteiger partial charge in [0.2, 0.25) is 0 Å². The Hall–Kier alpha value is -3.39. The summed E-state index contributed by atoms with van der Waals surface area (Å²) >= 11 is 0. The number of carbonyl (C=O) groups excluding carboxylic acids is 1. The molecule has 2 fully saturated rings. The van der Waals surface area contributed by atoms with Crippen molar-refractivity contribution in [1.29, 1.82) is 0 Å². The second-order valence-electron chi connectivity index (χ2n) is 9.58. The van der Waals surface area contributed by atoms with Gasteiger partial charge in [-0.2, -0.15) is 0 Å². The molecule has 34 heavy (non-hydrogen) atoms. The van der Waals surface area contributed by atoms with E-state index in [1.165, 1.54) is 0 Å². The molecule has 1 aliphatic heterocycles. The lowest BCUT2D eigenvalue weighted by Gasteiger charge is -2.27. The number of pyridine rings is 1. The molecule has 0 radical (unpaired) electrons. The van der Waals surface area contributed by atoms with Crippen molar-refractivity contribution in [2.24, 2.45) is 18.7 Å². The molecule has 4 aromatic rings. The van der Waals surface area contributed by atoms with Gasteiger partial charge in [0.05, 0.1) is 18.3 Å². The van der Waals surface area contributed by atoms with E-state index in [1.54, 1.807) is 7.11 Å². The number of aryl methyl sites for hydroxylation is 2. The summed E-state index contributed by atoms with van der Waals surface area (Å²) in [6.07, 6.45) is 4.91. The number of nitrogens with two attached hydrogens (primary N) is 1. The van der Waals surface area contributed by atoms with Crippen molar-refractivity contribution in [2.75, 3.05) is 13.7 Å². The van der Waals surface area contributed by atoms with E-state index >= 15 is 0 Å². The van der Waals surface area contributed by atoms with Gasteiger partial charge in [0.25, 0.3) is 5.91 Å². The minimum absolute atomic E-state index is 0.0133. The van der Waals surface area contributed by atoms with E-state index in [9.17, 15) is 4.79 Å². The highest BCUT2D eigenvalue weighted by atomic mass is 16.5. The Bertz CT molecular complexity index is 1420. The molecule has 1 aromatic carbocycles. The first-order valence-electron chi connectivity index (χ1n) is 12.1. The monoisotopic (exact) mass is 458 g/mol. The van der Waals surface area contributed by atoms with E-state index in [2.05, 4.69) is 33.2 Å². The Morgan fingerprint density at radius 2 is 2.12 bits per heavy atom. The minimum atomic E-state index is 0.0133. The van der Waals surface area contributed by atoms with E-state index in [0.717, 1.165) is 65.9 Å². The predicted molar refractivity (Wildman–Crippen MR) is 132 cm³/mol. The van der Waals surface area contributed by atoms with Crippen LogP contribution in [0.5, 0.6) is 5.75 Å². The Morgan fingerprint density at radius 1 is 1.26 bits per heavy atom. The number of carbonyl (C=O) groups is 1. The first-order chi connectivity index (χ1) is 16.5. The zero-order chi connectivity index (χ0) is 23.6. The number of rotatable bonds is 5. The smallest absolute Gasteiger partial charge is 0.254 e. The highest BCUT2D eigenvalue weighted by Gasteiger charge is 2.47. The normalized spacial score (nSPS) is 21.8. The van der Waals surface area contributed by atoms with Gasteiger partial charge in [-0.25, -0.2) is 9.97 Å². The van der Waals surface area contributed by atoms with Crippen LogP contribution in [0.4, 0.5) is 0 Å². The molecule has 0 spiro atoms. The van der Waals surface area contributed by atoms with Crippen LogP contribution in [-0.2, 0) is 13.6 Å². The van der Waals surface area contributed by atoms with Crippen molar-refractivity contribution < 1.29 is 9.53 Å². The molecule has 1 aliphatic carbocycles. The standard InChI is InChI=1S/C26H30N6O2/c1-4-10-31-20(12-15-6-5-9-28-24(15)31)25-29-18-11-17(13-21(34-3)23(18)30(25)2)26(33)32-14-16-7-8-19(32)22(16)27/h5-6,9,11-13,16,19,22H,4,7-8,10,14,27H2,1-3H3/t16-,19-,22-/m1/s1. The molecule has 1 amide bonds. The topological polar surface area (TPSA) is 91.2 Å². The number of methoxy groups -OCH3 is 1. The second kappa shape index (κ2) is 7.84. The van der Waals surface area contributed by atoms with Crippen LogP contribution in [0.3, 0.4) is 0 Å². The van der Waals surface area contributed by atoms with E-state index < -0.39 is 0 Å². The third-order valence-electron chi connectivity index (χ3n) is 7.65. The molecule has 2 N–H and O–H groups in total. The average molecular weight is 459 g/mol. The number of hydrogen-bond donors (Lipinski definition) is 1. The van der Waals surface area contributed by atoms with Gasteiger partial charge >= 0.3 is 0 Å². The summed E-state index contributed by atoms with van der Waals surface area (Å²) in [6, 6.07) is 10.1. The molecule has 2 bridgehead atoms. The number of benzene rings is 1. The summed E-state index contributed by atoms with van der Waals surface area (Å²) in [7, 11) is 3.63. The summed E-state index contributed by atoms with van der Waals surface area (Å²) in [4.78, 5) is 25.0. The highest BCUT2D eigenvalue weighted by molar-refractivity contribution is 6.00. The molecule has 0 unspecified atom stereocenters. The Labute approximate surface area is 198 Å². The number of hydrogen-bond acceptors (Lipinski definition) is 5. The third-order valence-corrected chi connectivity index (χ3v) is 7.65. The van der Waals surface area contributed by atoms with Gasteiger partial charge in [-0.1, -0.05) is 6.92 Å². The number of nitrogens with zero attached hydrogens (tertiary/aromatic N) is 5. The molecular weight excluding hydrogens is 428 g/mol. The molecule has 4 heterocycles. The maximum absolute atomic E-state index is 13.5. The van der Waals surface area contributed by atoms with Crippen molar-refractivity contribution in [3.05, 3.63) is 42.1 Å². The first kappa shape index (κ1) is 21.2. The number of imidazole rings is 1. The molecule has 176 valence electrons. The van der Waals surface area contributed by atoms with Crippen LogP contribution in [0.1, 0.15) is 36.5 Å². The number of ether oxygens (including phenoxy) is 1. The summed E-state index contributed by atoms with van der Waals surface area (Å²) in [5.74, 6) is 1.90. The van der Waals surface area contributed by atoms with Crippen LogP contribution in [0.25, 0.3) is 33.6 Å². The zero-order valence-corrected chi connectivity index (χ0v) is 19.9. The van der Waals surface area contributed by atoms with Gasteiger partial charge in [0.15, 0.2) is 5.82 Å². The predicted octanol–water partition coefficient (Wildman–Crippen LogP) is 3.57. The quantitative estimate of drug-likeness (QED) is 0.494. The Kier molecular flexibility index (Phi) is 4.88. The molecule has 3 atom stereocenters. The second-order valence-corrected chi connectivity index (χ2v) is 9.58. The van der Waals surface area contributed by atoms with Crippen molar-refractivity contribution >= 4 is 28.0 Å². The van der Waals surface area contributed by atoms with Crippen LogP contribution in [0.15, 0.2) is 36.5 Å². The van der Waals surface area contributed by atoms with Gasteiger partial charge in [-0.05, 0) is 55.5 Å². The fourth-order valence-electron chi connectivity index (χ4n) is 5.99. The molecule has 8 nitrogen and oxygen atoms in total. The van der Waals surface area contributed by atoms with Gasteiger partial charge in [-0.15, -0.1) is 0 Å². The average Bonchev–Trinajstić information content (AvgIpc) is 3.59. The van der Waals surface area contributed by atoms with Gasteiger partial charge in [0.1, 0.15) is 16.9 Å². The molecule has 2 aliphatic rings. The van der Waals surface area contributed by atoms with Crippen LogP contribution in [0.2, 0.25) is 0 Å². The molecular formula is C26H30N6O2. The van der Waals surface area contributed by atoms with Gasteiger partial charge < -0.3 is 24.5 Å². The van der Waals surface area contributed by atoms with Crippen molar-refractivity contribution in [3.63, 3.8) is 0 Å².